The first-order valence-corrected chi connectivity index (χ1v) is 7.41. The Balaban J connectivity index is 1.62. The minimum atomic E-state index is 0.236. The van der Waals surface area contributed by atoms with Crippen molar-refractivity contribution in [3.63, 3.8) is 0 Å². The summed E-state index contributed by atoms with van der Waals surface area (Å²) >= 11 is 0. The van der Waals surface area contributed by atoms with Gasteiger partial charge in [0.2, 0.25) is 5.91 Å². The van der Waals surface area contributed by atoms with Gasteiger partial charge in [0.05, 0.1) is 6.04 Å². The average Bonchev–Trinajstić information content (AvgIpc) is 2.99. The van der Waals surface area contributed by atoms with Crippen molar-refractivity contribution >= 4 is 5.91 Å². The molecule has 17 heavy (non-hydrogen) atoms. The summed E-state index contributed by atoms with van der Waals surface area (Å²) in [6.07, 6.45) is 10.2. The van der Waals surface area contributed by atoms with Gasteiger partial charge in [-0.1, -0.05) is 19.3 Å². The van der Waals surface area contributed by atoms with Gasteiger partial charge < -0.3 is 4.90 Å². The number of carbonyl (C=O) groups is 1. The van der Waals surface area contributed by atoms with Crippen molar-refractivity contribution in [3.8, 4) is 0 Å². The molecule has 0 N–H and O–H groups in total. The van der Waals surface area contributed by atoms with E-state index in [-0.39, 0.29) is 6.04 Å². The van der Waals surface area contributed by atoms with E-state index in [0.717, 1.165) is 26.1 Å². The molecule has 2 heterocycles. The molecule has 3 nitrogen and oxygen atoms in total. The summed E-state index contributed by atoms with van der Waals surface area (Å²) in [5.41, 5.74) is 0. The molecule has 3 heteroatoms. The third kappa shape index (κ3) is 2.22. The maximum Gasteiger partial charge on any atom is 0.240 e. The molecule has 0 bridgehead atoms. The Hall–Kier alpha value is -0.570. The van der Waals surface area contributed by atoms with Crippen LogP contribution in [0.3, 0.4) is 0 Å². The molecular weight excluding hydrogens is 212 g/mol. The van der Waals surface area contributed by atoms with E-state index in [1.54, 1.807) is 0 Å². The lowest BCUT2D eigenvalue weighted by Gasteiger charge is -2.32. The average molecular weight is 236 g/mol. The molecule has 1 saturated carbocycles. The van der Waals surface area contributed by atoms with Gasteiger partial charge >= 0.3 is 0 Å². The molecule has 2 aliphatic heterocycles. The van der Waals surface area contributed by atoms with Crippen molar-refractivity contribution in [1.29, 1.82) is 0 Å². The lowest BCUT2D eigenvalue weighted by Crippen LogP contribution is -2.44. The van der Waals surface area contributed by atoms with E-state index < -0.39 is 0 Å². The SMILES string of the molecule is O=C1C(N2CCCC2)CCN1C1CCCCC1. The van der Waals surface area contributed by atoms with Crippen LogP contribution in [0.2, 0.25) is 0 Å². The third-order valence-electron chi connectivity index (χ3n) is 4.81. The molecule has 0 aromatic heterocycles. The lowest BCUT2D eigenvalue weighted by atomic mass is 9.94. The van der Waals surface area contributed by atoms with E-state index in [4.69, 9.17) is 0 Å². The van der Waals surface area contributed by atoms with Crippen LogP contribution in [0.1, 0.15) is 51.4 Å². The van der Waals surface area contributed by atoms with Crippen LogP contribution in [0.25, 0.3) is 0 Å². The zero-order chi connectivity index (χ0) is 11.7. The number of hydrogen-bond acceptors (Lipinski definition) is 2. The predicted octanol–water partition coefficient (Wildman–Crippen LogP) is 2.02. The zero-order valence-electron chi connectivity index (χ0n) is 10.7. The largest absolute Gasteiger partial charge is 0.338 e. The molecule has 1 unspecified atom stereocenters. The van der Waals surface area contributed by atoms with Gasteiger partial charge in [0.15, 0.2) is 0 Å². The van der Waals surface area contributed by atoms with Gasteiger partial charge in [-0.25, -0.2) is 0 Å². The fourth-order valence-electron chi connectivity index (χ4n) is 3.83. The standard InChI is InChI=1S/C14H24N2O/c17-14-13(15-9-4-5-10-15)8-11-16(14)12-6-2-1-3-7-12/h12-13H,1-11H2. The topological polar surface area (TPSA) is 23.6 Å². The Morgan fingerprint density at radius 1 is 0.824 bits per heavy atom. The first-order chi connectivity index (χ1) is 8.36. The normalized spacial score (nSPS) is 32.6. The monoisotopic (exact) mass is 236 g/mol. The fraction of sp³-hybridized carbons (Fsp3) is 0.929. The second-order valence-electron chi connectivity index (χ2n) is 5.87. The van der Waals surface area contributed by atoms with Crippen LogP contribution in [0.15, 0.2) is 0 Å². The first kappa shape index (κ1) is 11.5. The van der Waals surface area contributed by atoms with E-state index >= 15 is 0 Å². The predicted molar refractivity (Wildman–Crippen MR) is 67.8 cm³/mol. The number of hydrogen-bond donors (Lipinski definition) is 0. The van der Waals surface area contributed by atoms with Crippen LogP contribution in [-0.2, 0) is 4.79 Å². The second kappa shape index (κ2) is 4.97. The number of nitrogens with zero attached hydrogens (tertiary/aromatic N) is 2. The summed E-state index contributed by atoms with van der Waals surface area (Å²) in [7, 11) is 0. The van der Waals surface area contributed by atoms with Crippen molar-refractivity contribution in [2.75, 3.05) is 19.6 Å². The second-order valence-corrected chi connectivity index (χ2v) is 5.87. The molecule has 1 amide bonds. The first-order valence-electron chi connectivity index (χ1n) is 7.41. The van der Waals surface area contributed by atoms with Crippen molar-refractivity contribution in [2.45, 2.75) is 63.5 Å². The van der Waals surface area contributed by atoms with Crippen LogP contribution in [0.5, 0.6) is 0 Å². The molecule has 0 aromatic carbocycles. The Bertz CT molecular complexity index is 280. The number of amides is 1. The van der Waals surface area contributed by atoms with Crippen LogP contribution >= 0.6 is 0 Å². The molecule has 0 radical (unpaired) electrons. The van der Waals surface area contributed by atoms with Gasteiger partial charge in [0, 0.05) is 12.6 Å². The lowest BCUT2D eigenvalue weighted by molar-refractivity contribution is -0.134. The van der Waals surface area contributed by atoms with Gasteiger partial charge in [-0.3, -0.25) is 9.69 Å². The van der Waals surface area contributed by atoms with Gasteiger partial charge in [0.25, 0.3) is 0 Å². The summed E-state index contributed by atoms with van der Waals surface area (Å²) in [6, 6.07) is 0.809. The fourth-order valence-corrected chi connectivity index (χ4v) is 3.83. The number of rotatable bonds is 2. The summed E-state index contributed by atoms with van der Waals surface area (Å²) in [5, 5.41) is 0. The van der Waals surface area contributed by atoms with Gasteiger partial charge in [-0.2, -0.15) is 0 Å². The van der Waals surface area contributed by atoms with E-state index in [1.807, 2.05) is 0 Å². The number of carbonyl (C=O) groups excluding carboxylic acids is 1. The molecule has 3 rings (SSSR count). The molecule has 96 valence electrons. The minimum absolute atomic E-state index is 0.236. The Labute approximate surface area is 104 Å². The maximum atomic E-state index is 12.5. The molecular formula is C14H24N2O. The molecule has 1 aliphatic carbocycles. The molecule has 3 fully saturated rings. The summed E-state index contributed by atoms with van der Waals surface area (Å²) in [5.74, 6) is 0.443. The van der Waals surface area contributed by atoms with Crippen molar-refractivity contribution in [3.05, 3.63) is 0 Å². The molecule has 0 spiro atoms. The molecule has 1 atom stereocenters. The Kier molecular flexibility index (Phi) is 3.37. The van der Waals surface area contributed by atoms with Crippen LogP contribution in [0.4, 0.5) is 0 Å². The molecule has 3 aliphatic rings. The van der Waals surface area contributed by atoms with Crippen molar-refractivity contribution < 1.29 is 4.79 Å². The van der Waals surface area contributed by atoms with Crippen molar-refractivity contribution in [2.24, 2.45) is 0 Å². The Morgan fingerprint density at radius 3 is 2.24 bits per heavy atom. The van der Waals surface area contributed by atoms with Crippen LogP contribution in [0, 0.1) is 0 Å². The van der Waals surface area contributed by atoms with E-state index in [1.165, 1.54) is 44.9 Å². The number of likely N-dealkylation sites (tertiary alicyclic amines) is 2. The van der Waals surface area contributed by atoms with Gasteiger partial charge in [-0.05, 0) is 45.2 Å². The van der Waals surface area contributed by atoms with Gasteiger partial charge in [-0.15, -0.1) is 0 Å². The van der Waals surface area contributed by atoms with E-state index in [0.29, 0.717) is 11.9 Å². The van der Waals surface area contributed by atoms with E-state index in [9.17, 15) is 4.79 Å². The zero-order valence-corrected chi connectivity index (χ0v) is 10.7. The highest BCUT2D eigenvalue weighted by Crippen LogP contribution is 2.29. The van der Waals surface area contributed by atoms with Crippen LogP contribution < -0.4 is 0 Å². The highest BCUT2D eigenvalue weighted by atomic mass is 16.2. The van der Waals surface area contributed by atoms with E-state index in [2.05, 4.69) is 9.80 Å². The van der Waals surface area contributed by atoms with Crippen LogP contribution in [-0.4, -0.2) is 47.4 Å². The highest BCUT2D eigenvalue weighted by molar-refractivity contribution is 5.84. The highest BCUT2D eigenvalue weighted by Gasteiger charge is 2.39. The minimum Gasteiger partial charge on any atom is -0.338 e. The Morgan fingerprint density at radius 2 is 1.53 bits per heavy atom. The van der Waals surface area contributed by atoms with Gasteiger partial charge in [0.1, 0.15) is 0 Å². The van der Waals surface area contributed by atoms with Crippen molar-refractivity contribution in [1.82, 2.24) is 9.80 Å². The third-order valence-corrected chi connectivity index (χ3v) is 4.81. The molecule has 0 aromatic rings. The summed E-state index contributed by atoms with van der Waals surface area (Å²) < 4.78 is 0. The maximum absolute atomic E-state index is 12.5. The summed E-state index contributed by atoms with van der Waals surface area (Å²) in [4.78, 5) is 17.1. The smallest absolute Gasteiger partial charge is 0.240 e. The quantitative estimate of drug-likeness (QED) is 0.732. The molecule has 2 saturated heterocycles. The summed E-state index contributed by atoms with van der Waals surface area (Å²) in [6.45, 7) is 3.31.